The third-order valence-corrected chi connectivity index (χ3v) is 11.5. The maximum absolute atomic E-state index is 13.4. The van der Waals surface area contributed by atoms with Crippen molar-refractivity contribution in [3.05, 3.63) is 70.3 Å². The first-order chi connectivity index (χ1) is 20.7. The lowest BCUT2D eigenvalue weighted by Gasteiger charge is -2.47. The van der Waals surface area contributed by atoms with Gasteiger partial charge in [0.05, 0.1) is 10.9 Å². The third kappa shape index (κ3) is 6.79. The summed E-state index contributed by atoms with van der Waals surface area (Å²) < 4.78 is 41.1. The van der Waals surface area contributed by atoms with E-state index in [0.29, 0.717) is 49.7 Å². The Hall–Kier alpha value is -2.88. The van der Waals surface area contributed by atoms with Crippen LogP contribution in [0.4, 0.5) is 5.69 Å². The van der Waals surface area contributed by atoms with Crippen LogP contribution in [0.25, 0.3) is 0 Å². The highest BCUT2D eigenvalue weighted by Gasteiger charge is 2.47. The van der Waals surface area contributed by atoms with E-state index in [-0.39, 0.29) is 17.4 Å². The highest BCUT2D eigenvalue weighted by atomic mass is 35.5. The molecule has 5 rings (SSSR count). The van der Waals surface area contributed by atoms with Gasteiger partial charge >= 0.3 is 0 Å². The zero-order chi connectivity index (χ0) is 30.6. The normalized spacial score (nSPS) is 28.5. The number of methoxy groups -OCH3 is 1. The van der Waals surface area contributed by atoms with Crippen LogP contribution in [-0.4, -0.2) is 51.7 Å². The Labute approximate surface area is 259 Å². The number of ether oxygens (including phenoxy) is 2. The molecule has 1 aliphatic carbocycles. The molecule has 3 aliphatic rings. The summed E-state index contributed by atoms with van der Waals surface area (Å²) in [4.78, 5) is 28.1. The number of nitrogens with one attached hydrogen (secondary N) is 1. The average Bonchev–Trinajstić information content (AvgIpc) is 3.00. The van der Waals surface area contributed by atoms with E-state index in [1.165, 1.54) is 0 Å². The number of halogens is 1. The highest BCUT2D eigenvalue weighted by molar-refractivity contribution is 7.90. The molecule has 0 saturated heterocycles. The van der Waals surface area contributed by atoms with Gasteiger partial charge in [0, 0.05) is 36.7 Å². The minimum absolute atomic E-state index is 0.0229. The molecular weight excluding hydrogens is 588 g/mol. The molecule has 2 aliphatic heterocycles. The Morgan fingerprint density at radius 2 is 1.98 bits per heavy atom. The van der Waals surface area contributed by atoms with Gasteiger partial charge < -0.3 is 14.4 Å². The van der Waals surface area contributed by atoms with Gasteiger partial charge in [0.25, 0.3) is 5.91 Å². The molecule has 1 N–H and O–H groups in total. The first-order valence-electron chi connectivity index (χ1n) is 15.2. The topological polar surface area (TPSA) is 102 Å². The SMILES string of the molecule is CC[C@@H]1CC/C=C/[C@](C=O)(OC)[C@@H]2CC[C@H]2CN2CCCCc3cc(Cl)ccc3COc3ccc(cc32)C(=O)NS1(=O)=O. The van der Waals surface area contributed by atoms with Gasteiger partial charge in [-0.25, -0.2) is 13.1 Å². The van der Waals surface area contributed by atoms with Gasteiger partial charge in [-0.3, -0.25) is 9.59 Å². The summed E-state index contributed by atoms with van der Waals surface area (Å²) >= 11 is 6.31. The van der Waals surface area contributed by atoms with Crippen molar-refractivity contribution in [1.29, 1.82) is 0 Å². The number of hydrogen-bond donors (Lipinski definition) is 1. The molecule has 1 saturated carbocycles. The van der Waals surface area contributed by atoms with E-state index in [0.717, 1.165) is 55.2 Å². The van der Waals surface area contributed by atoms with Crippen molar-refractivity contribution in [3.8, 4) is 5.75 Å². The van der Waals surface area contributed by atoms with E-state index in [9.17, 15) is 18.0 Å². The molecular formula is C33H41ClN2O6S. The molecule has 2 bridgehead atoms. The molecule has 1 amide bonds. The monoisotopic (exact) mass is 628 g/mol. The average molecular weight is 629 g/mol. The molecule has 1 fully saturated rings. The smallest absolute Gasteiger partial charge is 0.264 e. The summed E-state index contributed by atoms with van der Waals surface area (Å²) in [5, 5.41) is -0.0650. The zero-order valence-corrected chi connectivity index (χ0v) is 26.5. The lowest BCUT2D eigenvalue weighted by atomic mass is 9.64. The minimum atomic E-state index is -3.94. The van der Waals surface area contributed by atoms with Crippen LogP contribution in [-0.2, 0) is 32.6 Å². The van der Waals surface area contributed by atoms with Gasteiger partial charge in [0.15, 0.2) is 6.29 Å². The fraction of sp³-hybridized carbons (Fsp3) is 0.515. The first-order valence-corrected chi connectivity index (χ1v) is 17.2. The second-order valence-corrected chi connectivity index (χ2v) is 14.3. The third-order valence-electron chi connectivity index (χ3n) is 9.39. The molecule has 2 aromatic rings. The lowest BCUT2D eigenvalue weighted by molar-refractivity contribution is -0.135. The van der Waals surface area contributed by atoms with Crippen LogP contribution in [0.3, 0.4) is 0 Å². The highest BCUT2D eigenvalue weighted by Crippen LogP contribution is 2.45. The Bertz CT molecular complexity index is 1480. The maximum atomic E-state index is 13.4. The van der Waals surface area contributed by atoms with Crippen molar-refractivity contribution in [2.75, 3.05) is 25.1 Å². The van der Waals surface area contributed by atoms with Crippen molar-refractivity contribution in [2.45, 2.75) is 75.7 Å². The second kappa shape index (κ2) is 13.4. The van der Waals surface area contributed by atoms with E-state index in [2.05, 4.69) is 9.62 Å². The number of carbonyl (C=O) groups is 2. The predicted octanol–water partition coefficient (Wildman–Crippen LogP) is 5.86. The molecule has 2 aromatic carbocycles. The van der Waals surface area contributed by atoms with Crippen LogP contribution in [0.1, 0.15) is 73.4 Å². The second-order valence-electron chi connectivity index (χ2n) is 11.9. The summed E-state index contributed by atoms with van der Waals surface area (Å²) in [6, 6.07) is 11.0. The number of aryl methyl sites for hydroxylation is 1. The summed E-state index contributed by atoms with van der Waals surface area (Å²) in [7, 11) is -2.37. The minimum Gasteiger partial charge on any atom is -0.487 e. The molecule has 0 aromatic heterocycles. The molecule has 10 heteroatoms. The summed E-state index contributed by atoms with van der Waals surface area (Å²) in [6.45, 7) is 3.48. The quantitative estimate of drug-likeness (QED) is 0.336. The maximum Gasteiger partial charge on any atom is 0.264 e. The van der Waals surface area contributed by atoms with Crippen LogP contribution >= 0.6 is 11.6 Å². The summed E-state index contributed by atoms with van der Waals surface area (Å²) in [5.41, 5.74) is 2.12. The standard InChI is InChI=1S/C33H41ClN2O6S/c1-3-28-9-4-6-16-33(22-37,41-2)29-14-11-25(29)20-36-17-7-5-8-23-18-27(34)13-10-26(23)21-42-31-15-12-24(19-30(31)36)32(38)35-43(28,39)40/h6,10,12-13,15-16,18-19,22,25,28-29H,3-5,7-9,11,14,17,20-21H2,1-2H3,(H,35,38)/b16-6+/t25-,28+,29+,33+/m0/s1. The number of rotatable bonds is 3. The van der Waals surface area contributed by atoms with Gasteiger partial charge in [-0.05, 0) is 105 Å². The predicted molar refractivity (Wildman–Crippen MR) is 168 cm³/mol. The molecule has 0 unspecified atom stereocenters. The van der Waals surface area contributed by atoms with Crippen LogP contribution < -0.4 is 14.4 Å². The van der Waals surface area contributed by atoms with E-state index >= 15 is 0 Å². The number of benzene rings is 2. The van der Waals surface area contributed by atoms with E-state index in [4.69, 9.17) is 21.1 Å². The molecule has 8 nitrogen and oxygen atoms in total. The number of hydrogen-bond acceptors (Lipinski definition) is 7. The Morgan fingerprint density at radius 3 is 2.70 bits per heavy atom. The Kier molecular flexibility index (Phi) is 9.83. The fourth-order valence-corrected chi connectivity index (χ4v) is 8.28. The van der Waals surface area contributed by atoms with Crippen molar-refractivity contribution in [2.24, 2.45) is 11.8 Å². The summed E-state index contributed by atoms with van der Waals surface area (Å²) in [5.74, 6) is 0.112. The van der Waals surface area contributed by atoms with Crippen molar-refractivity contribution >= 4 is 39.5 Å². The van der Waals surface area contributed by atoms with Gasteiger partial charge in [-0.15, -0.1) is 0 Å². The van der Waals surface area contributed by atoms with Gasteiger partial charge in [-0.1, -0.05) is 30.7 Å². The van der Waals surface area contributed by atoms with Crippen molar-refractivity contribution < 1.29 is 27.5 Å². The zero-order valence-electron chi connectivity index (χ0n) is 24.9. The number of carbonyl (C=O) groups excluding carboxylic acids is 2. The van der Waals surface area contributed by atoms with Gasteiger partial charge in [0.2, 0.25) is 10.0 Å². The van der Waals surface area contributed by atoms with Crippen LogP contribution in [0, 0.1) is 11.8 Å². The Morgan fingerprint density at radius 1 is 1.14 bits per heavy atom. The largest absolute Gasteiger partial charge is 0.487 e. The molecule has 0 radical (unpaired) electrons. The van der Waals surface area contributed by atoms with Gasteiger partial charge in [-0.2, -0.15) is 0 Å². The van der Waals surface area contributed by atoms with Crippen LogP contribution in [0.15, 0.2) is 48.6 Å². The van der Waals surface area contributed by atoms with Crippen molar-refractivity contribution in [1.82, 2.24) is 4.72 Å². The molecule has 232 valence electrons. The Balaban J connectivity index is 1.58. The van der Waals surface area contributed by atoms with Gasteiger partial charge in [0.1, 0.15) is 18.0 Å². The number of nitrogens with zero attached hydrogens (tertiary/aromatic N) is 1. The number of amides is 1. The molecule has 0 spiro atoms. The molecule has 2 heterocycles. The van der Waals surface area contributed by atoms with Crippen LogP contribution in [0.2, 0.25) is 5.02 Å². The number of sulfonamides is 1. The van der Waals surface area contributed by atoms with E-state index in [1.807, 2.05) is 30.4 Å². The number of aldehydes is 1. The number of fused-ring (bicyclic) bond motifs is 3. The molecule has 43 heavy (non-hydrogen) atoms. The van der Waals surface area contributed by atoms with E-state index < -0.39 is 26.8 Å². The van der Waals surface area contributed by atoms with Crippen molar-refractivity contribution in [3.63, 3.8) is 0 Å². The number of allylic oxidation sites excluding steroid dienone is 1. The lowest BCUT2D eigenvalue weighted by Crippen LogP contribution is -2.52. The number of anilines is 1. The molecule has 4 atom stereocenters. The van der Waals surface area contributed by atoms with Crippen LogP contribution in [0.5, 0.6) is 5.75 Å². The fourth-order valence-electron chi connectivity index (χ4n) is 6.66. The first kappa shape index (κ1) is 31.5. The van der Waals surface area contributed by atoms with E-state index in [1.54, 1.807) is 32.2 Å². The summed E-state index contributed by atoms with van der Waals surface area (Å²) in [6.07, 6.45) is 10.1.